The van der Waals surface area contributed by atoms with Crippen molar-refractivity contribution in [2.75, 3.05) is 11.5 Å². The van der Waals surface area contributed by atoms with Gasteiger partial charge in [0.2, 0.25) is 0 Å². The van der Waals surface area contributed by atoms with Crippen molar-refractivity contribution in [1.82, 2.24) is 0 Å². The van der Waals surface area contributed by atoms with Gasteiger partial charge in [0.25, 0.3) is 11.7 Å². The average molecular weight is 454 g/mol. The van der Waals surface area contributed by atoms with Gasteiger partial charge in [0.1, 0.15) is 17.3 Å². The minimum atomic E-state index is -0.936. The molecule has 4 rings (SSSR count). The zero-order valence-corrected chi connectivity index (χ0v) is 18.4. The summed E-state index contributed by atoms with van der Waals surface area (Å²) in [6.07, 6.45) is 0.812. The van der Waals surface area contributed by atoms with Gasteiger partial charge in [-0.05, 0) is 60.5 Å². The fraction of sp³-hybridized carbons (Fsp3) is 0.148. The first kappa shape index (κ1) is 22.6. The quantitative estimate of drug-likeness (QED) is 0.318. The van der Waals surface area contributed by atoms with Crippen LogP contribution in [0.25, 0.3) is 5.76 Å². The number of phenolic OH excluding ortho intramolecular Hbond substituents is 1. The van der Waals surface area contributed by atoms with Crippen LogP contribution in [0, 0.1) is 11.3 Å². The second-order valence-corrected chi connectivity index (χ2v) is 7.80. The van der Waals surface area contributed by atoms with Crippen LogP contribution in [0.4, 0.5) is 5.69 Å². The molecule has 1 amide bonds. The van der Waals surface area contributed by atoms with Crippen molar-refractivity contribution < 1.29 is 24.5 Å². The van der Waals surface area contributed by atoms with Gasteiger partial charge in [-0.3, -0.25) is 14.5 Å². The highest BCUT2D eigenvalue weighted by Gasteiger charge is 2.47. The van der Waals surface area contributed by atoms with Gasteiger partial charge >= 0.3 is 0 Å². The lowest BCUT2D eigenvalue weighted by atomic mass is 9.95. The van der Waals surface area contributed by atoms with E-state index in [-0.39, 0.29) is 17.1 Å². The van der Waals surface area contributed by atoms with E-state index in [4.69, 9.17) is 10.00 Å². The van der Waals surface area contributed by atoms with Gasteiger partial charge in [-0.2, -0.15) is 5.26 Å². The molecular formula is C27H22N2O5. The standard InChI is InChI=1S/C27H22N2O5/c1-2-14-34-22-5-3-4-19(15-22)25(31)23-24(18-8-12-21(30)13-9-18)29(27(33)26(23)32)20-10-6-17(16-28)7-11-20/h3-13,15,24,30-31H,2,14H2,1H3/b25-23-. The van der Waals surface area contributed by atoms with Crippen LogP contribution in [0.3, 0.4) is 0 Å². The maximum atomic E-state index is 13.2. The fourth-order valence-corrected chi connectivity index (χ4v) is 3.88. The van der Waals surface area contributed by atoms with E-state index in [2.05, 4.69) is 0 Å². The number of Topliss-reactive ketones (excluding diaryl/α,β-unsaturated/α-hetero) is 1. The Labute approximate surface area is 196 Å². The number of ketones is 1. The number of nitrogens with zero attached hydrogens (tertiary/aromatic N) is 2. The third kappa shape index (κ3) is 4.21. The molecule has 3 aromatic carbocycles. The second kappa shape index (κ2) is 9.51. The highest BCUT2D eigenvalue weighted by molar-refractivity contribution is 6.51. The molecule has 170 valence electrons. The Morgan fingerprint density at radius 1 is 1.06 bits per heavy atom. The van der Waals surface area contributed by atoms with Crippen molar-refractivity contribution in [3.8, 4) is 17.6 Å². The number of carbonyl (C=O) groups excluding carboxylic acids is 2. The van der Waals surface area contributed by atoms with E-state index in [1.807, 2.05) is 13.0 Å². The smallest absolute Gasteiger partial charge is 0.300 e. The molecule has 0 aliphatic carbocycles. The summed E-state index contributed by atoms with van der Waals surface area (Å²) >= 11 is 0. The summed E-state index contributed by atoms with van der Waals surface area (Å²) in [5, 5.41) is 30.1. The van der Waals surface area contributed by atoms with Gasteiger partial charge in [-0.25, -0.2) is 0 Å². The Morgan fingerprint density at radius 3 is 2.41 bits per heavy atom. The maximum Gasteiger partial charge on any atom is 0.300 e. The van der Waals surface area contributed by atoms with Crippen molar-refractivity contribution in [3.63, 3.8) is 0 Å². The van der Waals surface area contributed by atoms with Gasteiger partial charge in [0.15, 0.2) is 0 Å². The number of aromatic hydroxyl groups is 1. The van der Waals surface area contributed by atoms with Crippen LogP contribution in [-0.4, -0.2) is 28.5 Å². The van der Waals surface area contributed by atoms with E-state index < -0.39 is 17.7 Å². The highest BCUT2D eigenvalue weighted by Crippen LogP contribution is 2.42. The van der Waals surface area contributed by atoms with E-state index in [0.29, 0.717) is 34.7 Å². The van der Waals surface area contributed by atoms with Gasteiger partial charge in [-0.1, -0.05) is 31.2 Å². The van der Waals surface area contributed by atoms with E-state index in [0.717, 1.165) is 6.42 Å². The molecule has 1 fully saturated rings. The number of hydrogen-bond donors (Lipinski definition) is 2. The molecule has 34 heavy (non-hydrogen) atoms. The molecule has 0 bridgehead atoms. The van der Waals surface area contributed by atoms with E-state index in [1.54, 1.807) is 60.7 Å². The number of phenols is 1. The van der Waals surface area contributed by atoms with Crippen molar-refractivity contribution in [3.05, 3.63) is 95.1 Å². The summed E-state index contributed by atoms with van der Waals surface area (Å²) in [7, 11) is 0. The predicted molar refractivity (Wildman–Crippen MR) is 126 cm³/mol. The Hall–Kier alpha value is -4.57. The number of aliphatic hydroxyl groups excluding tert-OH is 1. The van der Waals surface area contributed by atoms with Gasteiger partial charge in [0, 0.05) is 11.3 Å². The van der Waals surface area contributed by atoms with E-state index >= 15 is 0 Å². The van der Waals surface area contributed by atoms with Gasteiger partial charge < -0.3 is 14.9 Å². The molecule has 1 aliphatic heterocycles. The number of amides is 1. The molecule has 3 aromatic rings. The number of ether oxygens (including phenoxy) is 1. The Kier molecular flexibility index (Phi) is 6.33. The summed E-state index contributed by atoms with van der Waals surface area (Å²) in [4.78, 5) is 27.6. The second-order valence-electron chi connectivity index (χ2n) is 7.80. The molecule has 1 heterocycles. The minimum Gasteiger partial charge on any atom is -0.508 e. The zero-order chi connectivity index (χ0) is 24.2. The number of aliphatic hydroxyl groups is 1. The third-order valence-electron chi connectivity index (χ3n) is 5.51. The summed E-state index contributed by atoms with van der Waals surface area (Å²) in [6.45, 7) is 2.48. The lowest BCUT2D eigenvalue weighted by Crippen LogP contribution is -2.29. The summed E-state index contributed by atoms with van der Waals surface area (Å²) in [6, 6.07) is 20.1. The first-order chi connectivity index (χ1) is 16.4. The SMILES string of the molecule is CCCOc1cccc(/C(O)=C2/C(=O)C(=O)N(c3ccc(C#N)cc3)C2c2ccc(O)cc2)c1. The lowest BCUT2D eigenvalue weighted by Gasteiger charge is -2.25. The van der Waals surface area contributed by atoms with Crippen LogP contribution in [0.1, 0.15) is 36.1 Å². The first-order valence-corrected chi connectivity index (χ1v) is 10.8. The normalized spacial score (nSPS) is 16.9. The van der Waals surface area contributed by atoms with Crippen LogP contribution in [-0.2, 0) is 9.59 Å². The first-order valence-electron chi connectivity index (χ1n) is 10.8. The molecule has 1 atom stereocenters. The molecule has 0 saturated carbocycles. The lowest BCUT2D eigenvalue weighted by molar-refractivity contribution is -0.132. The van der Waals surface area contributed by atoms with Gasteiger partial charge in [0.05, 0.1) is 29.9 Å². The molecule has 0 spiro atoms. The number of rotatable bonds is 6. The number of carbonyl (C=O) groups is 2. The summed E-state index contributed by atoms with van der Waals surface area (Å²) < 4.78 is 5.64. The molecule has 1 unspecified atom stereocenters. The molecule has 1 aliphatic rings. The van der Waals surface area contributed by atoms with Crippen LogP contribution in [0.2, 0.25) is 0 Å². The van der Waals surface area contributed by atoms with Crippen molar-refractivity contribution in [2.24, 2.45) is 0 Å². The Morgan fingerprint density at radius 2 is 1.76 bits per heavy atom. The molecule has 0 radical (unpaired) electrons. The van der Waals surface area contributed by atoms with Crippen LogP contribution in [0.5, 0.6) is 11.5 Å². The number of benzene rings is 3. The van der Waals surface area contributed by atoms with E-state index in [9.17, 15) is 19.8 Å². The number of anilines is 1. The van der Waals surface area contributed by atoms with Crippen molar-refractivity contribution in [1.29, 1.82) is 5.26 Å². The predicted octanol–water partition coefficient (Wildman–Crippen LogP) is 4.68. The highest BCUT2D eigenvalue weighted by atomic mass is 16.5. The Bertz CT molecular complexity index is 1300. The monoisotopic (exact) mass is 454 g/mol. The number of nitriles is 1. The molecule has 0 aromatic heterocycles. The average Bonchev–Trinajstić information content (AvgIpc) is 3.13. The molecule has 7 nitrogen and oxygen atoms in total. The zero-order valence-electron chi connectivity index (χ0n) is 18.4. The van der Waals surface area contributed by atoms with Crippen LogP contribution >= 0.6 is 0 Å². The largest absolute Gasteiger partial charge is 0.508 e. The minimum absolute atomic E-state index is 0.0276. The van der Waals surface area contributed by atoms with Crippen molar-refractivity contribution in [2.45, 2.75) is 19.4 Å². The maximum absolute atomic E-state index is 13.2. The molecule has 7 heteroatoms. The molecular weight excluding hydrogens is 432 g/mol. The van der Waals surface area contributed by atoms with Crippen LogP contribution < -0.4 is 9.64 Å². The summed E-state index contributed by atoms with van der Waals surface area (Å²) in [5.41, 5.74) is 1.60. The summed E-state index contributed by atoms with van der Waals surface area (Å²) in [5.74, 6) is -1.40. The fourth-order valence-electron chi connectivity index (χ4n) is 3.88. The topological polar surface area (TPSA) is 111 Å². The van der Waals surface area contributed by atoms with Crippen molar-refractivity contribution >= 4 is 23.1 Å². The van der Waals surface area contributed by atoms with Crippen LogP contribution in [0.15, 0.2) is 78.4 Å². The third-order valence-corrected chi connectivity index (χ3v) is 5.51. The van der Waals surface area contributed by atoms with Gasteiger partial charge in [-0.15, -0.1) is 0 Å². The molecule has 2 N–H and O–H groups in total. The molecule has 1 saturated heterocycles. The Balaban J connectivity index is 1.88. The van der Waals surface area contributed by atoms with E-state index in [1.165, 1.54) is 17.0 Å². The number of hydrogen-bond acceptors (Lipinski definition) is 6.